The van der Waals surface area contributed by atoms with Crippen LogP contribution in [0.1, 0.15) is 49.0 Å². The summed E-state index contributed by atoms with van der Waals surface area (Å²) in [6.07, 6.45) is 4.72. The average Bonchev–Trinajstić information content (AvgIpc) is 3.08. The van der Waals surface area contributed by atoms with Gasteiger partial charge in [0, 0.05) is 16.1 Å². The van der Waals surface area contributed by atoms with E-state index in [1.54, 1.807) is 12.1 Å². The van der Waals surface area contributed by atoms with E-state index in [2.05, 4.69) is 15.5 Å². The zero-order valence-corrected chi connectivity index (χ0v) is 12.6. The van der Waals surface area contributed by atoms with Crippen molar-refractivity contribution in [1.29, 1.82) is 0 Å². The highest BCUT2D eigenvalue weighted by Gasteiger charge is 2.22. The molecule has 110 valence electrons. The summed E-state index contributed by atoms with van der Waals surface area (Å²) in [6.45, 7) is 1.51. The second-order valence-electron chi connectivity index (χ2n) is 5.25. The molecule has 0 aliphatic heterocycles. The Labute approximate surface area is 127 Å². The Morgan fingerprint density at radius 1 is 1.38 bits per heavy atom. The van der Waals surface area contributed by atoms with Crippen molar-refractivity contribution in [3.63, 3.8) is 0 Å². The Bertz CT molecular complexity index is 663. The third kappa shape index (κ3) is 2.92. The number of nitrogens with zero attached hydrogens (tertiary/aromatic N) is 4. The van der Waals surface area contributed by atoms with E-state index in [9.17, 15) is 4.79 Å². The minimum Gasteiger partial charge on any atom is -0.398 e. The van der Waals surface area contributed by atoms with Crippen LogP contribution in [0.15, 0.2) is 28.3 Å². The first kappa shape index (κ1) is 14.1. The predicted octanol–water partition coefficient (Wildman–Crippen LogP) is 2.72. The predicted molar refractivity (Wildman–Crippen MR) is 80.3 cm³/mol. The fourth-order valence-corrected chi connectivity index (χ4v) is 3.55. The first-order valence-corrected chi connectivity index (χ1v) is 7.83. The molecule has 1 heterocycles. The van der Waals surface area contributed by atoms with Crippen LogP contribution in [0, 0.1) is 0 Å². The minimum absolute atomic E-state index is 0.0279. The maximum atomic E-state index is 11.4. The molecule has 1 aliphatic carbocycles. The molecule has 0 unspecified atom stereocenters. The number of Topliss-reactive ketones (excluding diaryl/α,β-unsaturated/α-hetero) is 1. The Morgan fingerprint density at radius 3 is 2.81 bits per heavy atom. The molecule has 3 rings (SSSR count). The molecule has 1 saturated carbocycles. The van der Waals surface area contributed by atoms with Crippen LogP contribution in [0.4, 0.5) is 5.69 Å². The fourth-order valence-electron chi connectivity index (χ4n) is 2.66. The lowest BCUT2D eigenvalue weighted by molar-refractivity contribution is 0.101. The van der Waals surface area contributed by atoms with E-state index in [-0.39, 0.29) is 5.78 Å². The molecule has 1 aromatic carbocycles. The second-order valence-corrected chi connectivity index (χ2v) is 6.29. The van der Waals surface area contributed by atoms with Gasteiger partial charge >= 0.3 is 0 Å². The number of carbonyl (C=O) groups is 1. The molecular formula is C14H17N5OS. The quantitative estimate of drug-likeness (QED) is 0.690. The van der Waals surface area contributed by atoms with E-state index < -0.39 is 0 Å². The first-order chi connectivity index (χ1) is 10.1. The van der Waals surface area contributed by atoms with Crippen molar-refractivity contribution in [2.75, 3.05) is 5.73 Å². The number of carbonyl (C=O) groups excluding carboxylic acids is 1. The number of nitrogen functional groups attached to an aromatic ring is 1. The third-order valence-corrected chi connectivity index (χ3v) is 4.69. The van der Waals surface area contributed by atoms with Crippen molar-refractivity contribution in [3.8, 4) is 0 Å². The monoisotopic (exact) mass is 303 g/mol. The number of benzene rings is 1. The van der Waals surface area contributed by atoms with Crippen molar-refractivity contribution >= 4 is 23.2 Å². The molecule has 0 radical (unpaired) electrons. The molecule has 2 aromatic rings. The van der Waals surface area contributed by atoms with Crippen LogP contribution in [0.5, 0.6) is 0 Å². The van der Waals surface area contributed by atoms with E-state index in [0.717, 1.165) is 22.9 Å². The van der Waals surface area contributed by atoms with E-state index in [1.807, 2.05) is 10.7 Å². The number of ketones is 1. The molecule has 6 nitrogen and oxygen atoms in total. The van der Waals surface area contributed by atoms with Crippen molar-refractivity contribution < 1.29 is 4.79 Å². The lowest BCUT2D eigenvalue weighted by Crippen LogP contribution is -2.08. The molecular weight excluding hydrogens is 286 g/mol. The average molecular weight is 303 g/mol. The first-order valence-electron chi connectivity index (χ1n) is 7.01. The van der Waals surface area contributed by atoms with Crippen molar-refractivity contribution in [1.82, 2.24) is 20.2 Å². The van der Waals surface area contributed by atoms with Crippen LogP contribution >= 0.6 is 11.8 Å². The van der Waals surface area contributed by atoms with Gasteiger partial charge in [-0.3, -0.25) is 4.79 Å². The van der Waals surface area contributed by atoms with E-state index in [4.69, 9.17) is 5.73 Å². The zero-order chi connectivity index (χ0) is 14.8. The molecule has 1 aromatic heterocycles. The van der Waals surface area contributed by atoms with Crippen molar-refractivity contribution in [2.45, 2.75) is 48.7 Å². The van der Waals surface area contributed by atoms with Crippen molar-refractivity contribution in [3.05, 3.63) is 23.8 Å². The van der Waals surface area contributed by atoms with Gasteiger partial charge in [-0.2, -0.15) is 0 Å². The highest BCUT2D eigenvalue weighted by molar-refractivity contribution is 7.99. The topological polar surface area (TPSA) is 86.7 Å². The summed E-state index contributed by atoms with van der Waals surface area (Å²) in [5.41, 5.74) is 6.96. The largest absolute Gasteiger partial charge is 0.398 e. The number of hydrogen-bond acceptors (Lipinski definition) is 6. The lowest BCUT2D eigenvalue weighted by atomic mass is 10.1. The summed E-state index contributed by atoms with van der Waals surface area (Å²) in [6, 6.07) is 5.83. The molecule has 1 fully saturated rings. The van der Waals surface area contributed by atoms with Gasteiger partial charge in [-0.1, -0.05) is 12.8 Å². The normalized spacial score (nSPS) is 15.5. The molecule has 0 saturated heterocycles. The molecule has 0 atom stereocenters. The van der Waals surface area contributed by atoms with Gasteiger partial charge in [0.05, 0.1) is 6.04 Å². The number of nitrogens with two attached hydrogens (primary N) is 1. The maximum absolute atomic E-state index is 11.4. The molecule has 21 heavy (non-hydrogen) atoms. The smallest absolute Gasteiger partial charge is 0.214 e. The minimum atomic E-state index is -0.0279. The number of rotatable bonds is 4. The van der Waals surface area contributed by atoms with E-state index in [1.165, 1.54) is 31.5 Å². The van der Waals surface area contributed by atoms with Crippen LogP contribution in [0.2, 0.25) is 0 Å². The number of aromatic nitrogens is 4. The molecule has 0 amide bonds. The summed E-state index contributed by atoms with van der Waals surface area (Å²) in [5, 5.41) is 12.8. The molecule has 0 spiro atoms. The fraction of sp³-hybridized carbons (Fsp3) is 0.429. The summed E-state index contributed by atoms with van der Waals surface area (Å²) < 4.78 is 1.91. The summed E-state index contributed by atoms with van der Waals surface area (Å²) in [7, 11) is 0. The standard InChI is InChI=1S/C14H17N5OS/c1-9(20)12-7-6-11(8-13(12)15)21-14-16-17-18-19(14)10-4-2-3-5-10/h6-8,10H,2-5,15H2,1H3. The van der Waals surface area contributed by atoms with Gasteiger partial charge in [-0.05, 0) is 60.2 Å². The highest BCUT2D eigenvalue weighted by Crippen LogP contribution is 2.34. The molecule has 2 N–H and O–H groups in total. The molecule has 7 heteroatoms. The molecule has 1 aliphatic rings. The summed E-state index contributed by atoms with van der Waals surface area (Å²) in [5.74, 6) is -0.0279. The maximum Gasteiger partial charge on any atom is 0.214 e. The van der Waals surface area contributed by atoms with Gasteiger partial charge in [-0.25, -0.2) is 4.68 Å². The number of tetrazole rings is 1. The van der Waals surface area contributed by atoms with Gasteiger partial charge in [0.1, 0.15) is 0 Å². The Hall–Kier alpha value is -1.89. The van der Waals surface area contributed by atoms with Crippen LogP contribution in [0.3, 0.4) is 0 Å². The van der Waals surface area contributed by atoms with Gasteiger partial charge in [-0.15, -0.1) is 5.10 Å². The number of anilines is 1. The van der Waals surface area contributed by atoms with E-state index >= 15 is 0 Å². The number of hydrogen-bond donors (Lipinski definition) is 1. The Morgan fingerprint density at radius 2 is 2.14 bits per heavy atom. The Kier molecular flexibility index (Phi) is 3.92. The van der Waals surface area contributed by atoms with E-state index in [0.29, 0.717) is 17.3 Å². The lowest BCUT2D eigenvalue weighted by Gasteiger charge is -2.11. The van der Waals surface area contributed by atoms with Crippen LogP contribution in [-0.2, 0) is 0 Å². The highest BCUT2D eigenvalue weighted by atomic mass is 32.2. The summed E-state index contributed by atoms with van der Waals surface area (Å²) >= 11 is 1.48. The van der Waals surface area contributed by atoms with Gasteiger partial charge < -0.3 is 5.73 Å². The van der Waals surface area contributed by atoms with Crippen LogP contribution in [0.25, 0.3) is 0 Å². The summed E-state index contributed by atoms with van der Waals surface area (Å²) in [4.78, 5) is 12.3. The second kappa shape index (κ2) is 5.85. The Balaban J connectivity index is 1.82. The van der Waals surface area contributed by atoms with Gasteiger partial charge in [0.2, 0.25) is 5.16 Å². The van der Waals surface area contributed by atoms with Crippen LogP contribution in [-0.4, -0.2) is 26.0 Å². The SMILES string of the molecule is CC(=O)c1ccc(Sc2nnnn2C2CCCC2)cc1N. The van der Waals surface area contributed by atoms with Crippen molar-refractivity contribution in [2.24, 2.45) is 0 Å². The third-order valence-electron chi connectivity index (χ3n) is 3.74. The molecule has 0 bridgehead atoms. The van der Waals surface area contributed by atoms with Crippen LogP contribution < -0.4 is 5.73 Å². The van der Waals surface area contributed by atoms with Gasteiger partial charge in [0.15, 0.2) is 5.78 Å². The zero-order valence-electron chi connectivity index (χ0n) is 11.8. The van der Waals surface area contributed by atoms with Gasteiger partial charge in [0.25, 0.3) is 0 Å².